The first-order valence-corrected chi connectivity index (χ1v) is 9.11. The molecule has 2 aliphatic rings. The van der Waals surface area contributed by atoms with Gasteiger partial charge in [0, 0.05) is 17.3 Å². The van der Waals surface area contributed by atoms with E-state index in [4.69, 9.17) is 16.3 Å². The van der Waals surface area contributed by atoms with E-state index in [0.29, 0.717) is 23.0 Å². The monoisotopic (exact) mass is 397 g/mol. The van der Waals surface area contributed by atoms with Gasteiger partial charge in [0.15, 0.2) is 11.5 Å². The normalized spacial score (nSPS) is 11.2. The fourth-order valence-electron chi connectivity index (χ4n) is 3.03. The molecule has 0 bridgehead atoms. The second kappa shape index (κ2) is 7.40. The van der Waals surface area contributed by atoms with Gasteiger partial charge in [0.25, 0.3) is 5.56 Å². The van der Waals surface area contributed by atoms with Crippen LogP contribution < -0.4 is 16.0 Å². The molecule has 1 aromatic heterocycles. The Bertz CT molecular complexity index is 1240. The van der Waals surface area contributed by atoms with Crippen molar-refractivity contribution in [2.24, 2.45) is 0 Å². The molecular formula is C19H16ClN5O3. The van der Waals surface area contributed by atoms with Gasteiger partial charge in [-0.2, -0.15) is 4.98 Å². The quantitative estimate of drug-likeness (QED) is 0.518. The lowest BCUT2D eigenvalue weighted by Crippen LogP contribution is -2.29. The summed E-state index contributed by atoms with van der Waals surface area (Å²) in [5, 5.41) is 0.572. The summed E-state index contributed by atoms with van der Waals surface area (Å²) in [5.74, 6) is 0.689. The zero-order chi connectivity index (χ0) is 19.7. The number of benzene rings is 1. The number of H-pyrrole nitrogens is 1. The van der Waals surface area contributed by atoms with Gasteiger partial charge in [-0.3, -0.25) is 9.78 Å². The highest BCUT2D eigenvalue weighted by molar-refractivity contribution is 6.32. The molecule has 3 heterocycles. The van der Waals surface area contributed by atoms with Crippen molar-refractivity contribution in [2.75, 3.05) is 6.61 Å². The van der Waals surface area contributed by atoms with Crippen molar-refractivity contribution in [1.29, 1.82) is 0 Å². The van der Waals surface area contributed by atoms with E-state index in [1.807, 2.05) is 19.1 Å². The van der Waals surface area contributed by atoms with Crippen LogP contribution in [0, 0.1) is 0 Å². The molecule has 0 saturated carbocycles. The standard InChI is InChI=1S/C19H16ClN5O3/c1-2-11-9-14-13(10-12(11)20)22-16-17(23-19(27)24-18(16)26)25(14)7-8-28-15-5-3-4-6-21-15/h3-6,9-10H,2,7-8H2,1H3,(H,24,26,27). The Morgan fingerprint density at radius 2 is 2.07 bits per heavy atom. The molecule has 4 rings (SSSR count). The van der Waals surface area contributed by atoms with Gasteiger partial charge in [-0.1, -0.05) is 24.6 Å². The maximum absolute atomic E-state index is 12.3. The molecule has 0 spiro atoms. The first-order valence-electron chi connectivity index (χ1n) is 8.73. The zero-order valence-corrected chi connectivity index (χ0v) is 15.7. The smallest absolute Gasteiger partial charge is 0.349 e. The van der Waals surface area contributed by atoms with Crippen LogP contribution in [0.15, 0.2) is 46.1 Å². The van der Waals surface area contributed by atoms with Gasteiger partial charge in [0.2, 0.25) is 5.88 Å². The molecule has 2 aromatic rings. The van der Waals surface area contributed by atoms with Crippen LogP contribution in [0.1, 0.15) is 12.5 Å². The molecule has 28 heavy (non-hydrogen) atoms. The molecule has 2 aliphatic heterocycles. The van der Waals surface area contributed by atoms with E-state index in [1.54, 1.807) is 29.0 Å². The Kier molecular flexibility index (Phi) is 4.79. The van der Waals surface area contributed by atoms with E-state index >= 15 is 0 Å². The van der Waals surface area contributed by atoms with Gasteiger partial charge in [0.05, 0.1) is 17.6 Å². The molecule has 1 N–H and O–H groups in total. The van der Waals surface area contributed by atoms with Crippen molar-refractivity contribution in [2.45, 2.75) is 19.9 Å². The molecule has 0 atom stereocenters. The number of aryl methyl sites for hydroxylation is 1. The Morgan fingerprint density at radius 1 is 1.21 bits per heavy atom. The largest absolute Gasteiger partial charge is 0.476 e. The third-order valence-corrected chi connectivity index (χ3v) is 4.71. The van der Waals surface area contributed by atoms with Crippen LogP contribution >= 0.6 is 11.6 Å². The summed E-state index contributed by atoms with van der Waals surface area (Å²) in [5.41, 5.74) is 0.955. The zero-order valence-electron chi connectivity index (χ0n) is 15.0. The third kappa shape index (κ3) is 3.34. The number of hydrogen-bond donors (Lipinski definition) is 1. The average molecular weight is 398 g/mol. The summed E-state index contributed by atoms with van der Waals surface area (Å²) in [6, 6.07) is 9.00. The van der Waals surface area contributed by atoms with E-state index < -0.39 is 11.2 Å². The molecule has 0 amide bonds. The van der Waals surface area contributed by atoms with Gasteiger partial charge in [0.1, 0.15) is 6.61 Å². The lowest BCUT2D eigenvalue weighted by atomic mass is 10.1. The number of rotatable bonds is 5. The summed E-state index contributed by atoms with van der Waals surface area (Å²) in [6.07, 6.45) is 2.37. The molecule has 0 unspecified atom stereocenters. The van der Waals surface area contributed by atoms with Crippen LogP contribution in [0.4, 0.5) is 0 Å². The second-order valence-corrected chi connectivity index (χ2v) is 6.52. The topological polar surface area (TPSA) is 103 Å². The second-order valence-electron chi connectivity index (χ2n) is 6.11. The van der Waals surface area contributed by atoms with Crippen molar-refractivity contribution >= 4 is 22.6 Å². The highest BCUT2D eigenvalue weighted by Crippen LogP contribution is 2.27. The minimum Gasteiger partial charge on any atom is -0.476 e. The van der Waals surface area contributed by atoms with Gasteiger partial charge in [-0.15, -0.1) is 0 Å². The van der Waals surface area contributed by atoms with Gasteiger partial charge < -0.3 is 9.30 Å². The highest BCUT2D eigenvalue weighted by atomic mass is 35.5. The maximum atomic E-state index is 12.3. The Morgan fingerprint density at radius 3 is 2.82 bits per heavy atom. The van der Waals surface area contributed by atoms with Crippen LogP contribution in [0.2, 0.25) is 5.02 Å². The van der Waals surface area contributed by atoms with E-state index in [2.05, 4.69) is 19.9 Å². The fourth-order valence-corrected chi connectivity index (χ4v) is 3.32. The number of fused-ring (bicyclic) bond motifs is 2. The number of nitrogens with zero attached hydrogens (tertiary/aromatic N) is 4. The highest BCUT2D eigenvalue weighted by Gasteiger charge is 2.19. The van der Waals surface area contributed by atoms with E-state index in [0.717, 1.165) is 17.5 Å². The van der Waals surface area contributed by atoms with Crippen molar-refractivity contribution < 1.29 is 4.74 Å². The van der Waals surface area contributed by atoms with Crippen molar-refractivity contribution in [3.63, 3.8) is 0 Å². The molecule has 0 fully saturated rings. The van der Waals surface area contributed by atoms with Crippen LogP contribution in [-0.4, -0.2) is 31.1 Å². The number of aromatic amines is 1. The predicted octanol–water partition coefficient (Wildman–Crippen LogP) is 2.27. The summed E-state index contributed by atoms with van der Waals surface area (Å²) in [6.45, 7) is 2.60. The molecule has 1 aromatic carbocycles. The summed E-state index contributed by atoms with van der Waals surface area (Å²) in [4.78, 5) is 38.7. The van der Waals surface area contributed by atoms with E-state index in [1.165, 1.54) is 0 Å². The van der Waals surface area contributed by atoms with Crippen LogP contribution in [0.25, 0.3) is 22.6 Å². The first-order chi connectivity index (χ1) is 13.6. The number of ether oxygens (including phenoxy) is 1. The van der Waals surface area contributed by atoms with E-state index in [-0.39, 0.29) is 18.1 Å². The van der Waals surface area contributed by atoms with Gasteiger partial charge >= 0.3 is 5.69 Å². The minimum atomic E-state index is -0.720. The van der Waals surface area contributed by atoms with Crippen LogP contribution in [0.3, 0.4) is 0 Å². The average Bonchev–Trinajstić information content (AvgIpc) is 2.68. The van der Waals surface area contributed by atoms with Gasteiger partial charge in [-0.25, -0.2) is 14.8 Å². The number of pyridine rings is 1. The number of hydrogen-bond acceptors (Lipinski definition) is 6. The Balaban J connectivity index is 1.86. The van der Waals surface area contributed by atoms with Crippen molar-refractivity contribution in [1.82, 2.24) is 24.5 Å². The summed E-state index contributed by atoms with van der Waals surface area (Å²) < 4.78 is 7.43. The number of halogens is 1. The lowest BCUT2D eigenvalue weighted by molar-refractivity contribution is 0.289. The molecular weight excluding hydrogens is 382 g/mol. The Hall–Kier alpha value is -3.26. The number of nitrogens with one attached hydrogen (secondary N) is 1. The maximum Gasteiger partial charge on any atom is 0.349 e. The Labute approximate surface area is 164 Å². The van der Waals surface area contributed by atoms with Crippen molar-refractivity contribution in [3.05, 3.63) is 68.0 Å². The molecule has 0 aliphatic carbocycles. The SMILES string of the molecule is CCc1cc2c(cc1Cl)nc1c(=O)[nH]c(=O)nc-1n2CCOc1ccccn1. The van der Waals surface area contributed by atoms with Crippen molar-refractivity contribution in [3.8, 4) is 17.4 Å². The number of aromatic nitrogens is 5. The van der Waals surface area contributed by atoms with E-state index in [9.17, 15) is 9.59 Å². The lowest BCUT2D eigenvalue weighted by Gasteiger charge is -2.18. The third-order valence-electron chi connectivity index (χ3n) is 4.36. The molecule has 8 nitrogen and oxygen atoms in total. The molecule has 9 heteroatoms. The van der Waals surface area contributed by atoms with Crippen LogP contribution in [0.5, 0.6) is 5.88 Å². The first kappa shape index (κ1) is 18.1. The molecule has 142 valence electrons. The van der Waals surface area contributed by atoms with Gasteiger partial charge in [-0.05, 0) is 30.2 Å². The molecule has 0 saturated heterocycles. The minimum absolute atomic E-state index is 0.0743. The van der Waals surface area contributed by atoms with Crippen LogP contribution in [-0.2, 0) is 13.0 Å². The molecule has 0 radical (unpaired) electrons. The summed E-state index contributed by atoms with van der Waals surface area (Å²) >= 11 is 6.32. The fraction of sp³-hybridized carbons (Fsp3) is 0.211. The predicted molar refractivity (Wildman–Crippen MR) is 105 cm³/mol. The summed E-state index contributed by atoms with van der Waals surface area (Å²) in [7, 11) is 0.